The zero-order valence-corrected chi connectivity index (χ0v) is 31.9. The van der Waals surface area contributed by atoms with Gasteiger partial charge in [0, 0.05) is 27.5 Å². The Morgan fingerprint density at radius 3 is 1.73 bits per heavy atom. The maximum absolute atomic E-state index is 6.50. The highest BCUT2D eigenvalue weighted by Gasteiger charge is 2.19. The van der Waals surface area contributed by atoms with E-state index < -0.39 is 0 Å². The first kappa shape index (κ1) is 33.3. The first-order chi connectivity index (χ1) is 29.2. The molecule has 0 fully saturated rings. The third kappa shape index (κ3) is 5.44. The van der Waals surface area contributed by atoms with Crippen molar-refractivity contribution in [3.05, 3.63) is 206 Å². The first-order valence-electron chi connectivity index (χ1n) is 20.1. The van der Waals surface area contributed by atoms with Crippen LogP contribution in [0.25, 0.3) is 121 Å². The molecule has 2 aromatic heterocycles. The fraction of sp³-hybridized carbons (Fsp3) is 0. The van der Waals surface area contributed by atoms with Crippen molar-refractivity contribution in [1.29, 1.82) is 0 Å². The molecule has 2 heterocycles. The van der Waals surface area contributed by atoms with E-state index in [0.717, 1.165) is 61.0 Å². The van der Waals surface area contributed by atoms with Gasteiger partial charge in [-0.3, -0.25) is 0 Å². The minimum Gasteiger partial charge on any atom is -0.455 e. The first-order valence-corrected chi connectivity index (χ1v) is 20.1. The van der Waals surface area contributed by atoms with Gasteiger partial charge < -0.3 is 4.42 Å². The molecule has 0 aliphatic rings. The van der Waals surface area contributed by atoms with Crippen molar-refractivity contribution >= 4 is 65.0 Å². The van der Waals surface area contributed by atoms with Gasteiger partial charge in [-0.1, -0.05) is 182 Å². The third-order valence-corrected chi connectivity index (χ3v) is 11.9. The highest BCUT2D eigenvalue weighted by atomic mass is 16.3. The maximum Gasteiger partial charge on any atom is 0.160 e. The van der Waals surface area contributed by atoms with Gasteiger partial charge in [0.15, 0.2) is 5.82 Å². The van der Waals surface area contributed by atoms with Crippen LogP contribution in [0.3, 0.4) is 0 Å². The summed E-state index contributed by atoms with van der Waals surface area (Å²) < 4.78 is 6.50. The Morgan fingerprint density at radius 1 is 0.305 bits per heavy atom. The van der Waals surface area contributed by atoms with Gasteiger partial charge in [-0.25, -0.2) is 9.97 Å². The molecule has 0 radical (unpaired) electrons. The Hall–Kier alpha value is -7.88. The number of para-hydroxylation sites is 2. The molecule has 12 rings (SSSR count). The number of rotatable bonds is 5. The van der Waals surface area contributed by atoms with Gasteiger partial charge in [-0.05, 0) is 89.6 Å². The Morgan fingerprint density at radius 2 is 0.915 bits per heavy atom. The van der Waals surface area contributed by atoms with Crippen LogP contribution in [0.4, 0.5) is 0 Å². The monoisotopic (exact) mass is 750 g/mol. The van der Waals surface area contributed by atoms with Crippen molar-refractivity contribution < 1.29 is 4.42 Å². The van der Waals surface area contributed by atoms with Crippen LogP contribution in [0, 0.1) is 0 Å². The normalized spacial score (nSPS) is 11.7. The van der Waals surface area contributed by atoms with Crippen molar-refractivity contribution in [1.82, 2.24) is 9.97 Å². The van der Waals surface area contributed by atoms with Crippen LogP contribution in [-0.4, -0.2) is 9.97 Å². The van der Waals surface area contributed by atoms with Gasteiger partial charge in [-0.2, -0.15) is 0 Å². The molecule has 12 aromatic rings. The topological polar surface area (TPSA) is 38.9 Å². The molecule has 3 nitrogen and oxygen atoms in total. The Balaban J connectivity index is 1.00. The molecule has 0 aliphatic carbocycles. The Bertz CT molecular complexity index is 3600. The van der Waals surface area contributed by atoms with E-state index in [9.17, 15) is 0 Å². The van der Waals surface area contributed by atoms with Gasteiger partial charge >= 0.3 is 0 Å². The van der Waals surface area contributed by atoms with Gasteiger partial charge in [0.05, 0.1) is 11.4 Å². The lowest BCUT2D eigenvalue weighted by atomic mass is 9.88. The SMILES string of the molecule is c1ccc(-c2nc(-c3ccc(-c4ccc(-c5c6ccccc6cc6c5ccc5ccccc56)cc4)c4ccccc34)cc(-c3cccc4c3oc3ccccc34)n2)cc1. The average Bonchev–Trinajstić information content (AvgIpc) is 3.70. The molecule has 0 N–H and O–H groups in total. The van der Waals surface area contributed by atoms with Crippen molar-refractivity contribution in [2.45, 2.75) is 0 Å². The molecule has 10 aromatic carbocycles. The predicted octanol–water partition coefficient (Wildman–Crippen LogP) is 15.3. The molecule has 274 valence electrons. The van der Waals surface area contributed by atoms with Crippen LogP contribution in [0.1, 0.15) is 0 Å². The van der Waals surface area contributed by atoms with Crippen LogP contribution in [0.15, 0.2) is 211 Å². The standard InChI is InChI=1S/C56H34N2O/c1-2-14-38(15-3-1)56-57-51(34-52(58-56)49-23-12-22-48-46-21-10-11-24-53(46)59-55(48)49)45-32-31-41(43-19-8-9-20-44(43)45)36-25-27-37(28-26-36)54-42-18-7-5-16-39(42)33-50-40-17-6-4-13-35(40)29-30-47(50)54/h1-34H. The quantitative estimate of drug-likeness (QED) is 0.130. The van der Waals surface area contributed by atoms with E-state index in [-0.39, 0.29) is 0 Å². The Kier molecular flexibility index (Phi) is 7.54. The van der Waals surface area contributed by atoms with Crippen molar-refractivity contribution in [3.8, 4) is 56.2 Å². The number of benzene rings is 10. The summed E-state index contributed by atoms with van der Waals surface area (Å²) in [6.45, 7) is 0. The summed E-state index contributed by atoms with van der Waals surface area (Å²) in [5, 5.41) is 12.0. The molecular weight excluding hydrogens is 717 g/mol. The second kappa shape index (κ2) is 13.4. The van der Waals surface area contributed by atoms with E-state index in [0.29, 0.717) is 5.82 Å². The number of hydrogen-bond donors (Lipinski definition) is 0. The van der Waals surface area contributed by atoms with Crippen LogP contribution >= 0.6 is 0 Å². The van der Waals surface area contributed by atoms with Gasteiger partial charge in [0.1, 0.15) is 11.2 Å². The molecule has 0 aliphatic heterocycles. The molecule has 59 heavy (non-hydrogen) atoms. The summed E-state index contributed by atoms with van der Waals surface area (Å²) in [4.78, 5) is 10.4. The second-order valence-electron chi connectivity index (χ2n) is 15.2. The maximum atomic E-state index is 6.50. The highest BCUT2D eigenvalue weighted by molar-refractivity contribution is 6.20. The van der Waals surface area contributed by atoms with Crippen molar-refractivity contribution in [2.24, 2.45) is 0 Å². The molecule has 0 spiro atoms. The minimum absolute atomic E-state index is 0.670. The summed E-state index contributed by atoms with van der Waals surface area (Å²) in [6.07, 6.45) is 0. The lowest BCUT2D eigenvalue weighted by Crippen LogP contribution is -1.97. The van der Waals surface area contributed by atoms with Crippen LogP contribution in [0.5, 0.6) is 0 Å². The fourth-order valence-corrected chi connectivity index (χ4v) is 9.11. The summed E-state index contributed by atoms with van der Waals surface area (Å²) in [5.41, 5.74) is 11.1. The van der Waals surface area contributed by atoms with Gasteiger partial charge in [0.2, 0.25) is 0 Å². The van der Waals surface area contributed by atoms with E-state index in [4.69, 9.17) is 14.4 Å². The van der Waals surface area contributed by atoms with Crippen molar-refractivity contribution in [2.75, 3.05) is 0 Å². The van der Waals surface area contributed by atoms with Gasteiger partial charge in [0.25, 0.3) is 0 Å². The minimum atomic E-state index is 0.670. The number of hydrogen-bond acceptors (Lipinski definition) is 3. The molecule has 0 saturated carbocycles. The fourth-order valence-electron chi connectivity index (χ4n) is 9.11. The van der Waals surface area contributed by atoms with E-state index in [1.807, 2.05) is 30.3 Å². The van der Waals surface area contributed by atoms with E-state index in [1.165, 1.54) is 54.4 Å². The number of nitrogens with zero attached hydrogens (tertiary/aromatic N) is 2. The lowest BCUT2D eigenvalue weighted by molar-refractivity contribution is 0.670. The average molecular weight is 751 g/mol. The summed E-state index contributed by atoms with van der Waals surface area (Å²) in [7, 11) is 0. The van der Waals surface area contributed by atoms with Crippen LogP contribution in [0.2, 0.25) is 0 Å². The van der Waals surface area contributed by atoms with E-state index >= 15 is 0 Å². The Labute approximate surface area is 340 Å². The molecular formula is C56H34N2O. The number of aromatic nitrogens is 2. The van der Waals surface area contributed by atoms with Crippen LogP contribution < -0.4 is 0 Å². The molecule has 0 saturated heterocycles. The molecule has 0 unspecified atom stereocenters. The summed E-state index contributed by atoms with van der Waals surface area (Å²) in [5.74, 6) is 0.670. The highest BCUT2D eigenvalue weighted by Crippen LogP contribution is 2.42. The smallest absolute Gasteiger partial charge is 0.160 e. The predicted molar refractivity (Wildman–Crippen MR) is 247 cm³/mol. The lowest BCUT2D eigenvalue weighted by Gasteiger charge is -2.16. The third-order valence-electron chi connectivity index (χ3n) is 11.9. The molecule has 0 bridgehead atoms. The van der Waals surface area contributed by atoms with E-state index in [1.54, 1.807) is 0 Å². The number of fused-ring (bicyclic) bond motifs is 8. The zero-order valence-electron chi connectivity index (χ0n) is 31.9. The van der Waals surface area contributed by atoms with E-state index in [2.05, 4.69) is 176 Å². The largest absolute Gasteiger partial charge is 0.455 e. The second-order valence-corrected chi connectivity index (χ2v) is 15.2. The van der Waals surface area contributed by atoms with Gasteiger partial charge in [-0.15, -0.1) is 0 Å². The summed E-state index contributed by atoms with van der Waals surface area (Å²) >= 11 is 0. The number of furan rings is 1. The zero-order chi connectivity index (χ0) is 38.9. The summed E-state index contributed by atoms with van der Waals surface area (Å²) in [6, 6.07) is 73.4. The molecule has 0 amide bonds. The van der Waals surface area contributed by atoms with Crippen molar-refractivity contribution in [3.63, 3.8) is 0 Å². The van der Waals surface area contributed by atoms with Crippen LogP contribution in [-0.2, 0) is 0 Å². The molecule has 0 atom stereocenters. The molecule has 3 heteroatoms.